The van der Waals surface area contributed by atoms with E-state index in [1.807, 2.05) is 13.0 Å². The Bertz CT molecular complexity index is 633. The van der Waals surface area contributed by atoms with Crippen molar-refractivity contribution in [3.8, 4) is 10.8 Å². The molecule has 2 aliphatic rings. The number of nitrogens with one attached hydrogen (secondary N) is 1. The van der Waals surface area contributed by atoms with Gasteiger partial charge in [0.25, 0.3) is 0 Å². The van der Waals surface area contributed by atoms with Gasteiger partial charge in [0.05, 0.1) is 10.6 Å². The first-order chi connectivity index (χ1) is 11.3. The maximum absolute atomic E-state index is 5.87. The topological polar surface area (TPSA) is 44.5 Å². The molecule has 4 heterocycles. The van der Waals surface area contributed by atoms with Crippen LogP contribution in [0, 0.1) is 6.92 Å². The summed E-state index contributed by atoms with van der Waals surface area (Å²) in [5, 5.41) is 5.50. The summed E-state index contributed by atoms with van der Waals surface area (Å²) in [6.45, 7) is 9.88. The van der Waals surface area contributed by atoms with E-state index in [0.29, 0.717) is 6.04 Å². The van der Waals surface area contributed by atoms with Crippen LogP contribution in [0.1, 0.15) is 17.9 Å². The minimum Gasteiger partial charge on any atom is -0.440 e. The van der Waals surface area contributed by atoms with Crippen molar-refractivity contribution < 1.29 is 4.42 Å². The predicted molar refractivity (Wildman–Crippen MR) is 92.7 cm³/mol. The number of hydrogen-bond acceptors (Lipinski definition) is 6. The summed E-state index contributed by atoms with van der Waals surface area (Å²) in [6, 6.07) is 4.81. The van der Waals surface area contributed by atoms with E-state index < -0.39 is 0 Å². The zero-order valence-electron chi connectivity index (χ0n) is 13.6. The molecule has 0 aromatic carbocycles. The van der Waals surface area contributed by atoms with Crippen LogP contribution in [-0.4, -0.2) is 60.1 Å². The normalized spacial score (nSPS) is 23.6. The van der Waals surface area contributed by atoms with Crippen molar-refractivity contribution in [1.82, 2.24) is 20.1 Å². The molecule has 1 N–H and O–H groups in total. The van der Waals surface area contributed by atoms with Gasteiger partial charge in [0.15, 0.2) is 0 Å². The lowest BCUT2D eigenvalue weighted by molar-refractivity contribution is 0.170. The number of aromatic nitrogens is 1. The molecular weight excluding hydrogens is 308 g/mol. The van der Waals surface area contributed by atoms with Gasteiger partial charge in [-0.05, 0) is 24.8 Å². The zero-order chi connectivity index (χ0) is 15.6. The smallest absolute Gasteiger partial charge is 0.236 e. The van der Waals surface area contributed by atoms with E-state index in [-0.39, 0.29) is 0 Å². The SMILES string of the molecule is Cc1oc(-c2cccs2)nc1CN1CCC(N2CCNCC2)C1. The van der Waals surface area contributed by atoms with Gasteiger partial charge in [-0.3, -0.25) is 9.80 Å². The molecule has 4 rings (SSSR count). The largest absolute Gasteiger partial charge is 0.440 e. The van der Waals surface area contributed by atoms with Crippen molar-refractivity contribution in [2.24, 2.45) is 0 Å². The lowest BCUT2D eigenvalue weighted by atomic mass is 10.2. The molecule has 124 valence electrons. The standard InChI is InChI=1S/C17H24N4OS/c1-13-15(19-17(22-13)16-3-2-10-23-16)12-20-7-4-14(11-20)21-8-5-18-6-9-21/h2-3,10,14,18H,4-9,11-12H2,1H3. The summed E-state index contributed by atoms with van der Waals surface area (Å²) < 4.78 is 5.87. The van der Waals surface area contributed by atoms with Crippen molar-refractivity contribution in [2.45, 2.75) is 25.9 Å². The monoisotopic (exact) mass is 332 g/mol. The Hall–Kier alpha value is -1.21. The third-order valence-corrected chi connectivity index (χ3v) is 5.77. The molecular formula is C17H24N4OS. The molecule has 2 saturated heterocycles. The first kappa shape index (κ1) is 15.3. The molecule has 23 heavy (non-hydrogen) atoms. The van der Waals surface area contributed by atoms with Crippen molar-refractivity contribution in [1.29, 1.82) is 0 Å². The highest BCUT2D eigenvalue weighted by Crippen LogP contribution is 2.27. The molecule has 0 spiro atoms. The molecule has 5 nitrogen and oxygen atoms in total. The highest BCUT2D eigenvalue weighted by atomic mass is 32.1. The number of likely N-dealkylation sites (tertiary alicyclic amines) is 1. The van der Waals surface area contributed by atoms with Crippen LogP contribution in [0.3, 0.4) is 0 Å². The van der Waals surface area contributed by atoms with Crippen LogP contribution in [0.25, 0.3) is 10.8 Å². The van der Waals surface area contributed by atoms with Gasteiger partial charge in [0.1, 0.15) is 5.76 Å². The number of aryl methyl sites for hydroxylation is 1. The number of thiophene rings is 1. The highest BCUT2D eigenvalue weighted by molar-refractivity contribution is 7.13. The third kappa shape index (κ3) is 3.35. The van der Waals surface area contributed by atoms with Gasteiger partial charge < -0.3 is 9.73 Å². The minimum atomic E-state index is 0.709. The Labute approximate surface area is 141 Å². The molecule has 0 amide bonds. The third-order valence-electron chi connectivity index (χ3n) is 4.91. The molecule has 1 unspecified atom stereocenters. The number of rotatable bonds is 4. The van der Waals surface area contributed by atoms with Crippen molar-refractivity contribution >= 4 is 11.3 Å². The molecule has 6 heteroatoms. The maximum Gasteiger partial charge on any atom is 0.236 e. The van der Waals surface area contributed by atoms with E-state index in [9.17, 15) is 0 Å². The first-order valence-corrected chi connectivity index (χ1v) is 9.35. The van der Waals surface area contributed by atoms with Crippen LogP contribution in [0.2, 0.25) is 0 Å². The van der Waals surface area contributed by atoms with E-state index in [0.717, 1.165) is 54.9 Å². The molecule has 0 aliphatic carbocycles. The summed E-state index contributed by atoms with van der Waals surface area (Å²) in [5.41, 5.74) is 1.09. The quantitative estimate of drug-likeness (QED) is 0.930. The molecule has 2 fully saturated rings. The Morgan fingerprint density at radius 2 is 2.22 bits per heavy atom. The van der Waals surface area contributed by atoms with Crippen LogP contribution < -0.4 is 5.32 Å². The van der Waals surface area contributed by atoms with Gasteiger partial charge in [-0.25, -0.2) is 4.98 Å². The Morgan fingerprint density at radius 1 is 1.35 bits per heavy atom. The molecule has 0 saturated carbocycles. The predicted octanol–water partition coefficient (Wildman–Crippen LogP) is 2.19. The van der Waals surface area contributed by atoms with E-state index in [2.05, 4.69) is 26.6 Å². The number of nitrogens with zero attached hydrogens (tertiary/aromatic N) is 3. The van der Waals surface area contributed by atoms with Crippen LogP contribution in [-0.2, 0) is 6.54 Å². The Balaban J connectivity index is 1.39. The second-order valence-corrected chi connectivity index (χ2v) is 7.41. The number of piperazine rings is 1. The molecule has 2 aromatic heterocycles. The van der Waals surface area contributed by atoms with E-state index in [1.54, 1.807) is 11.3 Å². The highest BCUT2D eigenvalue weighted by Gasteiger charge is 2.29. The summed E-state index contributed by atoms with van der Waals surface area (Å²) in [7, 11) is 0. The molecule has 0 radical (unpaired) electrons. The summed E-state index contributed by atoms with van der Waals surface area (Å²) in [4.78, 5) is 11.0. The van der Waals surface area contributed by atoms with Gasteiger partial charge in [-0.15, -0.1) is 11.3 Å². The maximum atomic E-state index is 5.87. The van der Waals surface area contributed by atoms with E-state index in [4.69, 9.17) is 9.40 Å². The number of oxazole rings is 1. The zero-order valence-corrected chi connectivity index (χ0v) is 14.4. The molecule has 2 aliphatic heterocycles. The van der Waals surface area contributed by atoms with Crippen molar-refractivity contribution in [2.75, 3.05) is 39.3 Å². The van der Waals surface area contributed by atoms with Gasteiger partial charge >= 0.3 is 0 Å². The number of hydrogen-bond donors (Lipinski definition) is 1. The van der Waals surface area contributed by atoms with Crippen molar-refractivity contribution in [3.05, 3.63) is 29.0 Å². The summed E-state index contributed by atoms with van der Waals surface area (Å²) in [6.07, 6.45) is 1.27. The lowest BCUT2D eigenvalue weighted by Crippen LogP contribution is -2.49. The fourth-order valence-corrected chi connectivity index (χ4v) is 4.24. The lowest BCUT2D eigenvalue weighted by Gasteiger charge is -2.32. The fourth-order valence-electron chi connectivity index (χ4n) is 3.59. The van der Waals surface area contributed by atoms with Crippen molar-refractivity contribution in [3.63, 3.8) is 0 Å². The van der Waals surface area contributed by atoms with E-state index >= 15 is 0 Å². The first-order valence-electron chi connectivity index (χ1n) is 8.47. The van der Waals surface area contributed by atoms with Crippen LogP contribution in [0.4, 0.5) is 0 Å². The van der Waals surface area contributed by atoms with Gasteiger partial charge in [0.2, 0.25) is 5.89 Å². The summed E-state index contributed by atoms with van der Waals surface area (Å²) >= 11 is 1.68. The van der Waals surface area contributed by atoms with E-state index in [1.165, 1.54) is 19.5 Å². The summed E-state index contributed by atoms with van der Waals surface area (Å²) in [5.74, 6) is 1.73. The van der Waals surface area contributed by atoms with Crippen LogP contribution in [0.5, 0.6) is 0 Å². The second kappa shape index (κ2) is 6.73. The van der Waals surface area contributed by atoms with Crippen LogP contribution in [0.15, 0.2) is 21.9 Å². The molecule has 2 aromatic rings. The molecule has 1 atom stereocenters. The average molecular weight is 332 g/mol. The average Bonchev–Trinajstić information content (AvgIpc) is 3.31. The Morgan fingerprint density at radius 3 is 3.00 bits per heavy atom. The van der Waals surface area contributed by atoms with Crippen LogP contribution >= 0.6 is 11.3 Å². The Kier molecular flexibility index (Phi) is 4.48. The van der Waals surface area contributed by atoms with Gasteiger partial charge in [0, 0.05) is 51.9 Å². The fraction of sp³-hybridized carbons (Fsp3) is 0.588. The van der Waals surface area contributed by atoms with Gasteiger partial charge in [-0.1, -0.05) is 6.07 Å². The second-order valence-electron chi connectivity index (χ2n) is 6.46. The minimum absolute atomic E-state index is 0.709. The van der Waals surface area contributed by atoms with Gasteiger partial charge in [-0.2, -0.15) is 0 Å². The molecule has 0 bridgehead atoms.